The Kier molecular flexibility index (Phi) is 6.51. The summed E-state index contributed by atoms with van der Waals surface area (Å²) in [5.74, 6) is 0. The highest BCUT2D eigenvalue weighted by molar-refractivity contribution is 4.57. The first-order valence-corrected chi connectivity index (χ1v) is 4.29. The third-order valence-corrected chi connectivity index (χ3v) is 1.80. The molecule has 0 aliphatic heterocycles. The minimum Gasteiger partial charge on any atom is -0.396 e. The number of hydrogen-bond donors (Lipinski definition) is 2. The van der Waals surface area contributed by atoms with E-state index in [4.69, 9.17) is 5.11 Å². The van der Waals surface area contributed by atoms with Crippen molar-refractivity contribution in [2.45, 2.75) is 32.9 Å². The van der Waals surface area contributed by atoms with Crippen LogP contribution in [0, 0.1) is 0 Å². The van der Waals surface area contributed by atoms with E-state index >= 15 is 0 Å². The van der Waals surface area contributed by atoms with Crippen molar-refractivity contribution < 1.29 is 10.2 Å². The van der Waals surface area contributed by atoms with E-state index in [9.17, 15) is 5.11 Å². The van der Waals surface area contributed by atoms with Crippen LogP contribution < -0.4 is 0 Å². The third kappa shape index (κ3) is 4.35. The Morgan fingerprint density at radius 1 is 1.36 bits per heavy atom. The fourth-order valence-electron chi connectivity index (χ4n) is 1.05. The lowest BCUT2D eigenvalue weighted by Crippen LogP contribution is -2.35. The van der Waals surface area contributed by atoms with Crippen LogP contribution in [-0.2, 0) is 0 Å². The summed E-state index contributed by atoms with van der Waals surface area (Å²) in [4.78, 5) is 1.95. The van der Waals surface area contributed by atoms with E-state index in [0.717, 1.165) is 25.9 Å². The van der Waals surface area contributed by atoms with Gasteiger partial charge in [-0.25, -0.2) is 0 Å². The van der Waals surface area contributed by atoms with Gasteiger partial charge in [0.25, 0.3) is 0 Å². The molecule has 0 aliphatic rings. The van der Waals surface area contributed by atoms with Crippen LogP contribution in [0.1, 0.15) is 26.7 Å². The summed E-state index contributed by atoms with van der Waals surface area (Å²) in [5, 5.41) is 17.9. The molecule has 0 heterocycles. The van der Waals surface area contributed by atoms with Crippen molar-refractivity contribution in [2.24, 2.45) is 0 Å². The Hall–Kier alpha value is -0.120. The highest BCUT2D eigenvalue weighted by Gasteiger charge is 2.09. The van der Waals surface area contributed by atoms with E-state index in [2.05, 4.69) is 0 Å². The van der Waals surface area contributed by atoms with Crippen LogP contribution in [0.2, 0.25) is 0 Å². The van der Waals surface area contributed by atoms with Crippen LogP contribution in [0.15, 0.2) is 0 Å². The topological polar surface area (TPSA) is 43.7 Å². The molecule has 3 nitrogen and oxygen atoms in total. The van der Waals surface area contributed by atoms with Crippen molar-refractivity contribution in [2.75, 3.05) is 19.7 Å². The molecule has 0 saturated heterocycles. The first-order chi connectivity index (χ1) is 5.26. The number of aliphatic hydroxyl groups excluding tert-OH is 2. The average molecular weight is 161 g/mol. The predicted octanol–water partition coefficient (Wildman–Crippen LogP) is 0.419. The summed E-state index contributed by atoms with van der Waals surface area (Å²) in [6.07, 6.45) is 1.15. The molecule has 0 radical (unpaired) electrons. The van der Waals surface area contributed by atoms with Crippen molar-refractivity contribution in [3.8, 4) is 0 Å². The molecule has 0 fully saturated rings. The molecule has 1 unspecified atom stereocenters. The lowest BCUT2D eigenvalue weighted by Gasteiger charge is -2.24. The Bertz CT molecular complexity index is 88.2. The standard InChI is InChI=1S/C8H19NO2/c1-3-8(11)9(4-2)6-5-7-10/h8,10-11H,3-7H2,1-2H3. The van der Waals surface area contributed by atoms with Gasteiger partial charge in [0, 0.05) is 13.2 Å². The molecule has 68 valence electrons. The average Bonchev–Trinajstić information content (AvgIpc) is 2.05. The summed E-state index contributed by atoms with van der Waals surface area (Å²) < 4.78 is 0. The van der Waals surface area contributed by atoms with Gasteiger partial charge in [-0.1, -0.05) is 13.8 Å². The molecule has 11 heavy (non-hydrogen) atoms. The summed E-state index contributed by atoms with van der Waals surface area (Å²) in [7, 11) is 0. The Morgan fingerprint density at radius 2 is 2.00 bits per heavy atom. The SMILES string of the molecule is CCC(O)N(CC)CCCO. The van der Waals surface area contributed by atoms with Gasteiger partial charge in [0.05, 0.1) is 0 Å². The largest absolute Gasteiger partial charge is 0.396 e. The quantitative estimate of drug-likeness (QED) is 0.555. The smallest absolute Gasteiger partial charge is 0.107 e. The number of aliphatic hydroxyl groups is 2. The molecule has 0 amide bonds. The van der Waals surface area contributed by atoms with E-state index < -0.39 is 0 Å². The fourth-order valence-corrected chi connectivity index (χ4v) is 1.05. The van der Waals surface area contributed by atoms with Gasteiger partial charge in [0.1, 0.15) is 6.23 Å². The van der Waals surface area contributed by atoms with Crippen molar-refractivity contribution in [3.05, 3.63) is 0 Å². The molecule has 0 rings (SSSR count). The van der Waals surface area contributed by atoms with Crippen LogP contribution in [0.3, 0.4) is 0 Å². The third-order valence-electron chi connectivity index (χ3n) is 1.80. The van der Waals surface area contributed by atoms with Gasteiger partial charge in [-0.05, 0) is 19.4 Å². The lowest BCUT2D eigenvalue weighted by atomic mass is 10.3. The normalized spacial score (nSPS) is 13.9. The minimum atomic E-state index is -0.341. The molecule has 0 saturated carbocycles. The van der Waals surface area contributed by atoms with E-state index in [0.29, 0.717) is 0 Å². The maximum absolute atomic E-state index is 9.39. The van der Waals surface area contributed by atoms with Gasteiger partial charge < -0.3 is 10.2 Å². The molecule has 0 aliphatic carbocycles. The maximum Gasteiger partial charge on any atom is 0.107 e. The first kappa shape index (κ1) is 10.9. The number of hydrogen-bond acceptors (Lipinski definition) is 3. The van der Waals surface area contributed by atoms with E-state index in [1.165, 1.54) is 0 Å². The minimum absolute atomic E-state index is 0.201. The zero-order valence-corrected chi connectivity index (χ0v) is 7.45. The van der Waals surface area contributed by atoms with Crippen LogP contribution in [0.5, 0.6) is 0 Å². The van der Waals surface area contributed by atoms with Gasteiger partial charge in [0.15, 0.2) is 0 Å². The van der Waals surface area contributed by atoms with E-state index in [1.54, 1.807) is 0 Å². The Morgan fingerprint density at radius 3 is 2.36 bits per heavy atom. The molecular formula is C8H19NO2. The lowest BCUT2D eigenvalue weighted by molar-refractivity contribution is 0.00169. The van der Waals surface area contributed by atoms with Gasteiger partial charge in [-0.3, -0.25) is 4.90 Å². The molecule has 3 heteroatoms. The molecule has 0 aromatic rings. The number of nitrogens with zero attached hydrogens (tertiary/aromatic N) is 1. The van der Waals surface area contributed by atoms with Crippen molar-refractivity contribution >= 4 is 0 Å². The van der Waals surface area contributed by atoms with Gasteiger partial charge in [-0.15, -0.1) is 0 Å². The number of rotatable bonds is 6. The zero-order chi connectivity index (χ0) is 8.69. The van der Waals surface area contributed by atoms with E-state index in [-0.39, 0.29) is 12.8 Å². The van der Waals surface area contributed by atoms with Crippen LogP contribution in [0.4, 0.5) is 0 Å². The van der Waals surface area contributed by atoms with Crippen LogP contribution in [-0.4, -0.2) is 41.0 Å². The molecular weight excluding hydrogens is 142 g/mol. The van der Waals surface area contributed by atoms with Crippen molar-refractivity contribution in [1.29, 1.82) is 0 Å². The predicted molar refractivity (Wildman–Crippen MR) is 45.2 cm³/mol. The second kappa shape index (κ2) is 6.58. The molecule has 2 N–H and O–H groups in total. The Balaban J connectivity index is 3.56. The summed E-state index contributed by atoms with van der Waals surface area (Å²) in [5.41, 5.74) is 0. The first-order valence-electron chi connectivity index (χ1n) is 4.29. The monoisotopic (exact) mass is 161 g/mol. The second-order valence-electron chi connectivity index (χ2n) is 2.59. The fraction of sp³-hybridized carbons (Fsp3) is 1.00. The molecule has 1 atom stereocenters. The summed E-state index contributed by atoms with van der Waals surface area (Å²) >= 11 is 0. The van der Waals surface area contributed by atoms with Crippen molar-refractivity contribution in [1.82, 2.24) is 4.90 Å². The van der Waals surface area contributed by atoms with E-state index in [1.807, 2.05) is 18.7 Å². The van der Waals surface area contributed by atoms with Crippen LogP contribution in [0.25, 0.3) is 0 Å². The van der Waals surface area contributed by atoms with Gasteiger partial charge in [0.2, 0.25) is 0 Å². The maximum atomic E-state index is 9.39. The molecule has 0 bridgehead atoms. The summed E-state index contributed by atoms with van der Waals surface area (Å²) in [6, 6.07) is 0. The van der Waals surface area contributed by atoms with Crippen LogP contribution >= 0.6 is 0 Å². The molecule has 0 aromatic heterocycles. The Labute approximate surface area is 68.6 Å². The van der Waals surface area contributed by atoms with Gasteiger partial charge in [-0.2, -0.15) is 0 Å². The molecule has 0 spiro atoms. The highest BCUT2D eigenvalue weighted by atomic mass is 16.3. The zero-order valence-electron chi connectivity index (χ0n) is 7.45. The van der Waals surface area contributed by atoms with Gasteiger partial charge >= 0.3 is 0 Å². The summed E-state index contributed by atoms with van der Waals surface area (Å²) in [6.45, 7) is 5.78. The van der Waals surface area contributed by atoms with Crippen molar-refractivity contribution in [3.63, 3.8) is 0 Å². The molecule has 0 aromatic carbocycles. The highest BCUT2D eigenvalue weighted by Crippen LogP contribution is 2.00. The second-order valence-corrected chi connectivity index (χ2v) is 2.59.